The standard InChI is InChI=1S/C26H40N4O6/c1-5-16(4)22(30-23(32)19-7-6-12-27-19)25(34)28-20(13-15(2)3)24(33)29-21(26(35)36)14-17-8-10-18(31)11-9-17/h8-11,15-16,19-22,27,31H,5-7,12-14H2,1-4H3,(H,28,34)(H,29,33)(H,30,32)(H,35,36). The molecule has 1 aromatic rings. The molecule has 1 saturated heterocycles. The Morgan fingerprint density at radius 3 is 2.17 bits per heavy atom. The molecule has 2 rings (SSSR count). The molecule has 10 nitrogen and oxygen atoms in total. The Kier molecular flexibility index (Phi) is 11.2. The van der Waals surface area contributed by atoms with Crippen LogP contribution in [-0.4, -0.2) is 64.6 Å². The number of carbonyl (C=O) groups is 4. The van der Waals surface area contributed by atoms with Crippen LogP contribution < -0.4 is 21.3 Å². The number of amides is 3. The van der Waals surface area contributed by atoms with Crippen LogP contribution >= 0.6 is 0 Å². The van der Waals surface area contributed by atoms with Gasteiger partial charge in [0, 0.05) is 6.42 Å². The average Bonchev–Trinajstić information content (AvgIpc) is 3.37. The second-order valence-electron chi connectivity index (χ2n) is 9.98. The number of carboxylic acids is 1. The summed E-state index contributed by atoms with van der Waals surface area (Å²) in [7, 11) is 0. The van der Waals surface area contributed by atoms with Crippen LogP contribution in [0.2, 0.25) is 0 Å². The van der Waals surface area contributed by atoms with Crippen molar-refractivity contribution < 1.29 is 29.4 Å². The van der Waals surface area contributed by atoms with Crippen LogP contribution in [0.15, 0.2) is 24.3 Å². The Morgan fingerprint density at radius 1 is 1.00 bits per heavy atom. The molecule has 1 aromatic carbocycles. The van der Waals surface area contributed by atoms with E-state index in [0.29, 0.717) is 24.8 Å². The number of carboxylic acid groups (broad SMARTS) is 1. The highest BCUT2D eigenvalue weighted by Crippen LogP contribution is 2.14. The fraction of sp³-hybridized carbons (Fsp3) is 0.615. The van der Waals surface area contributed by atoms with Crippen molar-refractivity contribution in [3.05, 3.63) is 29.8 Å². The number of nitrogens with one attached hydrogen (secondary N) is 4. The summed E-state index contributed by atoms with van der Waals surface area (Å²) in [6.45, 7) is 8.34. The van der Waals surface area contributed by atoms with Gasteiger partial charge in [-0.05, 0) is 55.3 Å². The number of aromatic hydroxyl groups is 1. The second kappa shape index (κ2) is 13.8. The summed E-state index contributed by atoms with van der Waals surface area (Å²) in [5.41, 5.74) is 0.630. The molecular weight excluding hydrogens is 464 g/mol. The molecule has 36 heavy (non-hydrogen) atoms. The number of hydrogen-bond acceptors (Lipinski definition) is 6. The zero-order chi connectivity index (χ0) is 26.8. The van der Waals surface area contributed by atoms with Crippen molar-refractivity contribution in [1.29, 1.82) is 0 Å². The molecule has 6 N–H and O–H groups in total. The van der Waals surface area contributed by atoms with E-state index in [0.717, 1.165) is 13.0 Å². The van der Waals surface area contributed by atoms with Gasteiger partial charge in [-0.25, -0.2) is 4.79 Å². The van der Waals surface area contributed by atoms with E-state index in [1.807, 2.05) is 27.7 Å². The average molecular weight is 505 g/mol. The number of phenols is 1. The highest BCUT2D eigenvalue weighted by molar-refractivity contribution is 5.94. The second-order valence-corrected chi connectivity index (χ2v) is 9.98. The van der Waals surface area contributed by atoms with Crippen molar-refractivity contribution in [2.24, 2.45) is 11.8 Å². The Balaban J connectivity index is 2.13. The maximum Gasteiger partial charge on any atom is 0.326 e. The van der Waals surface area contributed by atoms with Gasteiger partial charge >= 0.3 is 5.97 Å². The summed E-state index contributed by atoms with van der Waals surface area (Å²) in [6.07, 6.45) is 2.56. The number of phenolic OH excluding ortho intramolecular Hbond substituents is 1. The normalized spacial score (nSPS) is 18.6. The number of aliphatic carboxylic acids is 1. The minimum atomic E-state index is -1.22. The first kappa shape index (κ1) is 29.1. The smallest absolute Gasteiger partial charge is 0.326 e. The van der Waals surface area contributed by atoms with Gasteiger partial charge in [-0.3, -0.25) is 14.4 Å². The molecule has 1 aliphatic rings. The molecule has 0 aromatic heterocycles. The number of carbonyl (C=O) groups excluding carboxylic acids is 3. The predicted molar refractivity (Wildman–Crippen MR) is 135 cm³/mol. The summed E-state index contributed by atoms with van der Waals surface area (Å²) in [4.78, 5) is 50.9. The summed E-state index contributed by atoms with van der Waals surface area (Å²) >= 11 is 0. The topological polar surface area (TPSA) is 157 Å². The van der Waals surface area contributed by atoms with Crippen LogP contribution in [0.4, 0.5) is 0 Å². The van der Waals surface area contributed by atoms with Crippen molar-refractivity contribution in [2.45, 2.75) is 84.0 Å². The van der Waals surface area contributed by atoms with Crippen LogP contribution in [0.5, 0.6) is 5.75 Å². The Bertz CT molecular complexity index is 898. The van der Waals surface area contributed by atoms with Gasteiger partial charge in [-0.2, -0.15) is 0 Å². The Labute approximate surface area is 212 Å². The monoisotopic (exact) mass is 504 g/mol. The largest absolute Gasteiger partial charge is 0.508 e. The van der Waals surface area contributed by atoms with E-state index >= 15 is 0 Å². The van der Waals surface area contributed by atoms with E-state index < -0.39 is 35.9 Å². The molecule has 0 bridgehead atoms. The third-order valence-corrected chi connectivity index (χ3v) is 6.50. The van der Waals surface area contributed by atoms with Gasteiger partial charge in [-0.15, -0.1) is 0 Å². The first-order chi connectivity index (χ1) is 17.0. The van der Waals surface area contributed by atoms with Gasteiger partial charge in [0.15, 0.2) is 0 Å². The van der Waals surface area contributed by atoms with Gasteiger partial charge in [0.1, 0.15) is 23.9 Å². The molecule has 1 aliphatic heterocycles. The predicted octanol–water partition coefficient (Wildman–Crippen LogP) is 1.32. The molecule has 0 radical (unpaired) electrons. The van der Waals surface area contributed by atoms with Gasteiger partial charge in [0.25, 0.3) is 0 Å². The Morgan fingerprint density at radius 2 is 1.64 bits per heavy atom. The molecule has 200 valence electrons. The highest BCUT2D eigenvalue weighted by atomic mass is 16.4. The van der Waals surface area contributed by atoms with E-state index in [2.05, 4.69) is 21.3 Å². The highest BCUT2D eigenvalue weighted by Gasteiger charge is 2.33. The quantitative estimate of drug-likeness (QED) is 0.236. The summed E-state index contributed by atoms with van der Waals surface area (Å²) in [6, 6.07) is 2.73. The molecule has 5 unspecified atom stereocenters. The van der Waals surface area contributed by atoms with Crippen molar-refractivity contribution in [1.82, 2.24) is 21.3 Å². The number of rotatable bonds is 13. The molecule has 5 atom stereocenters. The fourth-order valence-corrected chi connectivity index (χ4v) is 4.17. The van der Waals surface area contributed by atoms with E-state index in [1.54, 1.807) is 12.1 Å². The third-order valence-electron chi connectivity index (χ3n) is 6.50. The maximum absolute atomic E-state index is 13.3. The first-order valence-corrected chi connectivity index (χ1v) is 12.7. The lowest BCUT2D eigenvalue weighted by Gasteiger charge is -2.28. The van der Waals surface area contributed by atoms with Gasteiger partial charge < -0.3 is 31.5 Å². The Hall–Kier alpha value is -3.14. The molecule has 1 heterocycles. The molecule has 0 spiro atoms. The van der Waals surface area contributed by atoms with Crippen molar-refractivity contribution in [3.8, 4) is 5.75 Å². The van der Waals surface area contributed by atoms with Gasteiger partial charge in [0.05, 0.1) is 6.04 Å². The maximum atomic E-state index is 13.3. The SMILES string of the molecule is CCC(C)C(NC(=O)C1CCCN1)C(=O)NC(CC(C)C)C(=O)NC(Cc1ccc(O)cc1)C(=O)O. The fourth-order valence-electron chi connectivity index (χ4n) is 4.17. The van der Waals surface area contributed by atoms with Crippen molar-refractivity contribution in [2.75, 3.05) is 6.54 Å². The molecule has 0 aliphatic carbocycles. The summed E-state index contributed by atoms with van der Waals surface area (Å²) in [5, 5.41) is 30.4. The lowest BCUT2D eigenvalue weighted by atomic mass is 9.96. The lowest BCUT2D eigenvalue weighted by Crippen LogP contribution is -2.58. The van der Waals surface area contributed by atoms with E-state index in [4.69, 9.17) is 0 Å². The van der Waals surface area contributed by atoms with Crippen LogP contribution in [0.1, 0.15) is 58.9 Å². The van der Waals surface area contributed by atoms with Crippen LogP contribution in [0, 0.1) is 11.8 Å². The molecule has 1 fully saturated rings. The van der Waals surface area contributed by atoms with E-state index in [-0.39, 0.29) is 36.0 Å². The molecule has 10 heteroatoms. The zero-order valence-corrected chi connectivity index (χ0v) is 21.5. The molecule has 3 amide bonds. The van der Waals surface area contributed by atoms with E-state index in [1.165, 1.54) is 12.1 Å². The van der Waals surface area contributed by atoms with Crippen molar-refractivity contribution in [3.63, 3.8) is 0 Å². The van der Waals surface area contributed by atoms with Gasteiger partial charge in [0.2, 0.25) is 17.7 Å². The minimum Gasteiger partial charge on any atom is -0.508 e. The summed E-state index contributed by atoms with van der Waals surface area (Å²) < 4.78 is 0. The minimum absolute atomic E-state index is 0.0175. The number of hydrogen-bond donors (Lipinski definition) is 6. The van der Waals surface area contributed by atoms with Crippen LogP contribution in [-0.2, 0) is 25.6 Å². The zero-order valence-electron chi connectivity index (χ0n) is 21.5. The molecular formula is C26H40N4O6. The number of benzene rings is 1. The van der Waals surface area contributed by atoms with Crippen molar-refractivity contribution >= 4 is 23.7 Å². The van der Waals surface area contributed by atoms with Gasteiger partial charge in [-0.1, -0.05) is 46.2 Å². The van der Waals surface area contributed by atoms with Crippen LogP contribution in [0.25, 0.3) is 0 Å². The third kappa shape index (κ3) is 8.82. The lowest BCUT2D eigenvalue weighted by molar-refractivity contribution is -0.142. The summed E-state index contributed by atoms with van der Waals surface area (Å²) in [5.74, 6) is -2.59. The molecule has 0 saturated carbocycles. The van der Waals surface area contributed by atoms with Crippen LogP contribution in [0.3, 0.4) is 0 Å². The first-order valence-electron chi connectivity index (χ1n) is 12.7. The van der Waals surface area contributed by atoms with E-state index in [9.17, 15) is 29.4 Å².